The van der Waals surface area contributed by atoms with Crippen LogP contribution in [0.4, 0.5) is 0 Å². The fourth-order valence-corrected chi connectivity index (χ4v) is 2.86. The maximum Gasteiger partial charge on any atom is 0.264 e. The minimum atomic E-state index is -0.0230. The molecule has 4 rings (SSSR count). The van der Waals surface area contributed by atoms with Crippen molar-refractivity contribution in [1.29, 1.82) is 0 Å². The van der Waals surface area contributed by atoms with Gasteiger partial charge in [-0.15, -0.1) is 0 Å². The van der Waals surface area contributed by atoms with Crippen LogP contribution < -0.4 is 4.74 Å². The van der Waals surface area contributed by atoms with Crippen LogP contribution in [0.3, 0.4) is 0 Å². The number of hydrogen-bond acceptors (Lipinski definition) is 6. The van der Waals surface area contributed by atoms with Crippen LogP contribution in [0.15, 0.2) is 47.1 Å². The Morgan fingerprint density at radius 1 is 1.19 bits per heavy atom. The maximum absolute atomic E-state index is 12.4. The van der Waals surface area contributed by atoms with Gasteiger partial charge >= 0.3 is 0 Å². The molecule has 1 aliphatic rings. The lowest BCUT2D eigenvalue weighted by Crippen LogP contribution is -2.48. The fourth-order valence-electron chi connectivity index (χ4n) is 2.86. The molecule has 0 radical (unpaired) electrons. The van der Waals surface area contributed by atoms with E-state index in [1.54, 1.807) is 17.2 Å². The molecule has 0 saturated carbocycles. The Balaban J connectivity index is 1.30. The summed E-state index contributed by atoms with van der Waals surface area (Å²) in [5, 5.41) is 4.03. The largest absolute Gasteiger partial charge is 0.484 e. The predicted molar refractivity (Wildman–Crippen MR) is 97.4 cm³/mol. The molecule has 1 saturated heterocycles. The van der Waals surface area contributed by atoms with Crippen molar-refractivity contribution in [3.63, 3.8) is 0 Å². The van der Waals surface area contributed by atoms with Gasteiger partial charge in [-0.05, 0) is 38.1 Å². The molecule has 1 amide bonds. The molecule has 0 N–H and O–H groups in total. The predicted octanol–water partition coefficient (Wildman–Crippen LogP) is 2.90. The van der Waals surface area contributed by atoms with E-state index in [0.717, 1.165) is 11.4 Å². The molecule has 1 aliphatic heterocycles. The van der Waals surface area contributed by atoms with Gasteiger partial charge in [-0.25, -0.2) is 0 Å². The van der Waals surface area contributed by atoms with Gasteiger partial charge in [0.25, 0.3) is 11.8 Å². The molecule has 138 valence electrons. The second kappa shape index (κ2) is 7.19. The molecule has 1 aromatic carbocycles. The fraction of sp³-hybridized carbons (Fsp3) is 0.300. The van der Waals surface area contributed by atoms with Gasteiger partial charge in [-0.2, -0.15) is 4.98 Å². The quantitative estimate of drug-likeness (QED) is 0.692. The van der Waals surface area contributed by atoms with E-state index in [1.807, 2.05) is 44.2 Å². The van der Waals surface area contributed by atoms with Crippen LogP contribution in [-0.4, -0.2) is 39.0 Å². The lowest BCUT2D eigenvalue weighted by atomic mass is 9.98. The summed E-state index contributed by atoms with van der Waals surface area (Å²) in [6.45, 7) is 5.29. The Morgan fingerprint density at radius 2 is 1.96 bits per heavy atom. The van der Waals surface area contributed by atoms with Crippen LogP contribution in [-0.2, 0) is 6.61 Å². The van der Waals surface area contributed by atoms with Crippen LogP contribution in [0.25, 0.3) is 0 Å². The smallest absolute Gasteiger partial charge is 0.264 e. The molecule has 0 atom stereocenters. The molecule has 2 aromatic heterocycles. The van der Waals surface area contributed by atoms with Crippen molar-refractivity contribution < 1.29 is 14.1 Å². The molecular weight excluding hydrogens is 344 g/mol. The average Bonchev–Trinajstić information content (AvgIpc) is 3.09. The summed E-state index contributed by atoms with van der Waals surface area (Å²) in [6, 6.07) is 11.4. The van der Waals surface area contributed by atoms with Crippen LogP contribution >= 0.6 is 0 Å². The SMILES string of the molecule is Cc1ccc(OCc2nc(C3CN(C(=O)c4ccc(C)nc4)C3)no2)cc1. The van der Waals surface area contributed by atoms with E-state index < -0.39 is 0 Å². The van der Waals surface area contributed by atoms with Gasteiger partial charge in [-0.3, -0.25) is 9.78 Å². The number of aryl methyl sites for hydroxylation is 2. The number of amides is 1. The van der Waals surface area contributed by atoms with Crippen LogP contribution in [0, 0.1) is 13.8 Å². The summed E-state index contributed by atoms with van der Waals surface area (Å²) >= 11 is 0. The van der Waals surface area contributed by atoms with E-state index in [9.17, 15) is 4.79 Å². The molecular formula is C20H20N4O3. The summed E-state index contributed by atoms with van der Waals surface area (Å²) < 4.78 is 10.9. The standard InChI is InChI=1S/C20H20N4O3/c1-13-3-7-17(8-4-13)26-12-18-22-19(23-27-18)16-10-24(11-16)20(25)15-6-5-14(2)21-9-15/h3-9,16H,10-12H2,1-2H3. The summed E-state index contributed by atoms with van der Waals surface area (Å²) in [4.78, 5) is 22.7. The molecule has 0 spiro atoms. The molecule has 1 fully saturated rings. The zero-order valence-corrected chi connectivity index (χ0v) is 15.3. The van der Waals surface area contributed by atoms with E-state index in [4.69, 9.17) is 9.26 Å². The second-order valence-electron chi connectivity index (χ2n) is 6.74. The number of nitrogens with zero attached hydrogens (tertiary/aromatic N) is 4. The first-order valence-corrected chi connectivity index (χ1v) is 8.82. The highest BCUT2D eigenvalue weighted by Gasteiger charge is 2.35. The summed E-state index contributed by atoms with van der Waals surface area (Å²) in [5.74, 6) is 1.86. The summed E-state index contributed by atoms with van der Waals surface area (Å²) in [7, 11) is 0. The number of carbonyl (C=O) groups excluding carboxylic acids is 1. The number of hydrogen-bond donors (Lipinski definition) is 0. The Hall–Kier alpha value is -3.22. The van der Waals surface area contributed by atoms with Gasteiger partial charge in [0.1, 0.15) is 5.75 Å². The van der Waals surface area contributed by atoms with Crippen molar-refractivity contribution in [2.24, 2.45) is 0 Å². The first-order valence-electron chi connectivity index (χ1n) is 8.82. The van der Waals surface area contributed by atoms with Gasteiger partial charge in [0.05, 0.1) is 11.5 Å². The Morgan fingerprint density at radius 3 is 2.67 bits per heavy atom. The summed E-state index contributed by atoms with van der Waals surface area (Å²) in [6.07, 6.45) is 1.61. The van der Waals surface area contributed by atoms with Gasteiger partial charge in [0.15, 0.2) is 12.4 Å². The molecule has 7 nitrogen and oxygen atoms in total. The highest BCUT2D eigenvalue weighted by molar-refractivity contribution is 5.94. The second-order valence-corrected chi connectivity index (χ2v) is 6.74. The Kier molecular flexibility index (Phi) is 4.58. The zero-order valence-electron chi connectivity index (χ0n) is 15.3. The zero-order chi connectivity index (χ0) is 18.8. The number of carbonyl (C=O) groups is 1. The van der Waals surface area contributed by atoms with Crippen molar-refractivity contribution in [3.8, 4) is 5.75 Å². The third-order valence-electron chi connectivity index (χ3n) is 4.56. The first-order chi connectivity index (χ1) is 13.1. The van der Waals surface area contributed by atoms with Crippen LogP contribution in [0.2, 0.25) is 0 Å². The number of likely N-dealkylation sites (tertiary alicyclic amines) is 1. The molecule has 0 aliphatic carbocycles. The number of aromatic nitrogens is 3. The van der Waals surface area contributed by atoms with Gasteiger partial charge in [0.2, 0.25) is 0 Å². The third kappa shape index (κ3) is 3.81. The highest BCUT2D eigenvalue weighted by atomic mass is 16.5. The molecule has 3 heterocycles. The van der Waals surface area contributed by atoms with E-state index >= 15 is 0 Å². The van der Waals surface area contributed by atoms with Crippen molar-refractivity contribution in [1.82, 2.24) is 20.0 Å². The van der Waals surface area contributed by atoms with E-state index in [0.29, 0.717) is 30.4 Å². The average molecular weight is 364 g/mol. The third-order valence-corrected chi connectivity index (χ3v) is 4.56. The molecule has 0 bridgehead atoms. The maximum atomic E-state index is 12.4. The summed E-state index contributed by atoms with van der Waals surface area (Å²) in [5.41, 5.74) is 2.66. The van der Waals surface area contributed by atoms with Crippen LogP contribution in [0.1, 0.15) is 39.2 Å². The van der Waals surface area contributed by atoms with E-state index in [1.165, 1.54) is 5.56 Å². The van der Waals surface area contributed by atoms with E-state index in [2.05, 4.69) is 15.1 Å². The van der Waals surface area contributed by atoms with Gasteiger partial charge in [-0.1, -0.05) is 22.9 Å². The highest BCUT2D eigenvalue weighted by Crippen LogP contribution is 2.26. The first kappa shape index (κ1) is 17.2. The lowest BCUT2D eigenvalue weighted by molar-refractivity contribution is 0.0592. The number of benzene rings is 1. The molecule has 27 heavy (non-hydrogen) atoms. The van der Waals surface area contributed by atoms with Crippen molar-refractivity contribution in [2.45, 2.75) is 26.4 Å². The van der Waals surface area contributed by atoms with Gasteiger partial charge in [0, 0.05) is 25.0 Å². The van der Waals surface area contributed by atoms with Crippen molar-refractivity contribution in [3.05, 3.63) is 71.1 Å². The lowest BCUT2D eigenvalue weighted by Gasteiger charge is -2.37. The van der Waals surface area contributed by atoms with Crippen molar-refractivity contribution in [2.75, 3.05) is 13.1 Å². The minimum Gasteiger partial charge on any atom is -0.484 e. The molecule has 7 heteroatoms. The number of pyridine rings is 1. The number of ether oxygens (including phenoxy) is 1. The Labute approximate surface area is 157 Å². The van der Waals surface area contributed by atoms with Gasteiger partial charge < -0.3 is 14.2 Å². The molecule has 3 aromatic rings. The van der Waals surface area contributed by atoms with Crippen molar-refractivity contribution >= 4 is 5.91 Å². The van der Waals surface area contributed by atoms with E-state index in [-0.39, 0.29) is 18.4 Å². The monoisotopic (exact) mass is 364 g/mol. The van der Waals surface area contributed by atoms with Crippen LogP contribution in [0.5, 0.6) is 5.75 Å². The molecule has 0 unspecified atom stereocenters. The number of rotatable bonds is 5. The topological polar surface area (TPSA) is 81.4 Å². The Bertz CT molecular complexity index is 929. The normalized spacial score (nSPS) is 14.1. The minimum absolute atomic E-state index is 0.0230.